The Kier molecular flexibility index (Phi) is 5.86. The van der Waals surface area contributed by atoms with E-state index in [-0.39, 0.29) is 36.6 Å². The van der Waals surface area contributed by atoms with Gasteiger partial charge < -0.3 is 15.5 Å². The molecule has 0 bridgehead atoms. The maximum atomic E-state index is 12.5. The first-order valence-corrected chi connectivity index (χ1v) is 9.00. The molecule has 0 radical (unpaired) electrons. The van der Waals surface area contributed by atoms with E-state index in [0.29, 0.717) is 6.54 Å². The summed E-state index contributed by atoms with van der Waals surface area (Å²) in [5, 5.41) is 5.75. The highest BCUT2D eigenvalue weighted by atomic mass is 16.2. The van der Waals surface area contributed by atoms with Gasteiger partial charge >= 0.3 is 0 Å². The molecule has 2 aromatic rings. The van der Waals surface area contributed by atoms with Crippen LogP contribution in [0.15, 0.2) is 60.7 Å². The second kappa shape index (κ2) is 8.49. The van der Waals surface area contributed by atoms with Gasteiger partial charge in [-0.05, 0) is 17.7 Å². The van der Waals surface area contributed by atoms with Gasteiger partial charge in [0.15, 0.2) is 0 Å². The molecule has 0 spiro atoms. The van der Waals surface area contributed by atoms with Crippen molar-refractivity contribution in [2.75, 3.05) is 11.4 Å². The molecule has 1 fully saturated rings. The van der Waals surface area contributed by atoms with Crippen LogP contribution in [0.3, 0.4) is 0 Å². The van der Waals surface area contributed by atoms with Gasteiger partial charge in [0, 0.05) is 25.6 Å². The van der Waals surface area contributed by atoms with Crippen molar-refractivity contribution in [3.8, 4) is 0 Å². The molecule has 0 saturated carbocycles. The SMILES string of the molecule is CC(=O)N[C@H](CC(=O)N[C@H]1CC(=O)N(c2ccccc2)C1)c1ccccc1. The van der Waals surface area contributed by atoms with E-state index >= 15 is 0 Å². The molecule has 3 rings (SSSR count). The van der Waals surface area contributed by atoms with Gasteiger partial charge in [0.1, 0.15) is 0 Å². The van der Waals surface area contributed by atoms with E-state index in [9.17, 15) is 14.4 Å². The highest BCUT2D eigenvalue weighted by molar-refractivity contribution is 5.96. The molecule has 1 heterocycles. The van der Waals surface area contributed by atoms with E-state index in [1.807, 2.05) is 60.7 Å². The molecule has 2 aromatic carbocycles. The number of hydrogen-bond acceptors (Lipinski definition) is 3. The average molecular weight is 365 g/mol. The molecule has 6 nitrogen and oxygen atoms in total. The van der Waals surface area contributed by atoms with Gasteiger partial charge in [-0.3, -0.25) is 14.4 Å². The van der Waals surface area contributed by atoms with Crippen molar-refractivity contribution in [2.24, 2.45) is 0 Å². The maximum absolute atomic E-state index is 12.5. The van der Waals surface area contributed by atoms with Crippen molar-refractivity contribution < 1.29 is 14.4 Å². The predicted molar refractivity (Wildman–Crippen MR) is 103 cm³/mol. The smallest absolute Gasteiger partial charge is 0.229 e. The molecule has 1 aliphatic heterocycles. The maximum Gasteiger partial charge on any atom is 0.229 e. The number of nitrogens with one attached hydrogen (secondary N) is 2. The monoisotopic (exact) mass is 365 g/mol. The molecule has 1 aliphatic rings. The summed E-state index contributed by atoms with van der Waals surface area (Å²) in [6.45, 7) is 1.88. The van der Waals surface area contributed by atoms with Crippen molar-refractivity contribution in [3.05, 3.63) is 66.2 Å². The Labute approximate surface area is 158 Å². The highest BCUT2D eigenvalue weighted by Gasteiger charge is 2.32. The number of hydrogen-bond donors (Lipinski definition) is 2. The lowest BCUT2D eigenvalue weighted by molar-refractivity contribution is -0.123. The number of carbonyl (C=O) groups is 3. The van der Waals surface area contributed by atoms with E-state index in [2.05, 4.69) is 10.6 Å². The van der Waals surface area contributed by atoms with Crippen molar-refractivity contribution in [3.63, 3.8) is 0 Å². The van der Waals surface area contributed by atoms with Crippen LogP contribution < -0.4 is 15.5 Å². The van der Waals surface area contributed by atoms with Crippen LogP contribution in [-0.4, -0.2) is 30.3 Å². The van der Waals surface area contributed by atoms with Gasteiger partial charge in [0.05, 0.1) is 18.5 Å². The van der Waals surface area contributed by atoms with Crippen molar-refractivity contribution >= 4 is 23.4 Å². The first-order chi connectivity index (χ1) is 13.0. The fourth-order valence-electron chi connectivity index (χ4n) is 3.32. The van der Waals surface area contributed by atoms with E-state index in [4.69, 9.17) is 0 Å². The summed E-state index contributed by atoms with van der Waals surface area (Å²) in [6, 6.07) is 18.2. The summed E-state index contributed by atoms with van der Waals surface area (Å²) in [6.07, 6.45) is 0.399. The van der Waals surface area contributed by atoms with Crippen LogP contribution in [0.1, 0.15) is 31.4 Å². The number of benzene rings is 2. The normalized spacial score (nSPS) is 17.4. The molecule has 1 saturated heterocycles. The van der Waals surface area contributed by atoms with E-state index < -0.39 is 6.04 Å². The van der Waals surface area contributed by atoms with Gasteiger partial charge in [-0.25, -0.2) is 0 Å². The molecule has 0 aromatic heterocycles. The standard InChI is InChI=1S/C21H23N3O3/c1-15(25)22-19(16-8-4-2-5-9-16)13-20(26)23-17-12-21(27)24(14-17)18-10-6-3-7-11-18/h2-11,17,19H,12-14H2,1H3,(H,22,25)(H,23,26)/t17-,19+/m0/s1. The summed E-state index contributed by atoms with van der Waals surface area (Å²) in [5.74, 6) is -0.388. The second-order valence-corrected chi connectivity index (χ2v) is 6.68. The first kappa shape index (κ1) is 18.6. The Morgan fingerprint density at radius 2 is 1.70 bits per heavy atom. The van der Waals surface area contributed by atoms with Gasteiger partial charge in [0.25, 0.3) is 0 Å². The highest BCUT2D eigenvalue weighted by Crippen LogP contribution is 2.22. The minimum Gasteiger partial charge on any atom is -0.351 e. The number of nitrogens with zero attached hydrogens (tertiary/aromatic N) is 1. The van der Waals surface area contributed by atoms with Crippen molar-refractivity contribution in [2.45, 2.75) is 31.8 Å². The lowest BCUT2D eigenvalue weighted by Crippen LogP contribution is -2.39. The minimum absolute atomic E-state index is 0.00651. The third kappa shape index (κ3) is 4.94. The van der Waals surface area contributed by atoms with Crippen molar-refractivity contribution in [1.29, 1.82) is 0 Å². The Bertz CT molecular complexity index is 808. The summed E-state index contributed by atoms with van der Waals surface area (Å²) < 4.78 is 0. The van der Waals surface area contributed by atoms with Crippen LogP contribution in [0.4, 0.5) is 5.69 Å². The molecule has 140 valence electrons. The number of amides is 3. The Morgan fingerprint density at radius 3 is 2.33 bits per heavy atom. The summed E-state index contributed by atoms with van der Waals surface area (Å²) in [4.78, 5) is 38.0. The zero-order chi connectivity index (χ0) is 19.2. The molecule has 2 N–H and O–H groups in total. The molecular formula is C21H23N3O3. The summed E-state index contributed by atoms with van der Waals surface area (Å²) in [7, 11) is 0. The minimum atomic E-state index is -0.397. The topological polar surface area (TPSA) is 78.5 Å². The van der Waals surface area contributed by atoms with Gasteiger partial charge in [0.2, 0.25) is 17.7 Å². The van der Waals surface area contributed by atoms with E-state index in [1.54, 1.807) is 4.90 Å². The summed E-state index contributed by atoms with van der Waals surface area (Å²) in [5.41, 5.74) is 1.70. The van der Waals surface area contributed by atoms with Crippen LogP contribution in [0.2, 0.25) is 0 Å². The third-order valence-electron chi connectivity index (χ3n) is 4.53. The van der Waals surface area contributed by atoms with Gasteiger partial charge in [-0.2, -0.15) is 0 Å². The Morgan fingerprint density at radius 1 is 1.07 bits per heavy atom. The molecule has 0 unspecified atom stereocenters. The number of carbonyl (C=O) groups excluding carboxylic acids is 3. The van der Waals surface area contributed by atoms with Gasteiger partial charge in [-0.1, -0.05) is 48.5 Å². The molecule has 2 atom stereocenters. The third-order valence-corrected chi connectivity index (χ3v) is 4.53. The fraction of sp³-hybridized carbons (Fsp3) is 0.286. The molecular weight excluding hydrogens is 342 g/mol. The zero-order valence-corrected chi connectivity index (χ0v) is 15.2. The van der Waals surface area contributed by atoms with Gasteiger partial charge in [-0.15, -0.1) is 0 Å². The van der Waals surface area contributed by atoms with Crippen LogP contribution in [0.25, 0.3) is 0 Å². The zero-order valence-electron chi connectivity index (χ0n) is 15.2. The number of anilines is 1. The molecule has 3 amide bonds. The Balaban J connectivity index is 1.61. The molecule has 27 heavy (non-hydrogen) atoms. The Hall–Kier alpha value is -3.15. The predicted octanol–water partition coefficient (Wildman–Crippen LogP) is 2.18. The van der Waals surface area contributed by atoms with Crippen molar-refractivity contribution in [1.82, 2.24) is 10.6 Å². The quantitative estimate of drug-likeness (QED) is 0.824. The summed E-state index contributed by atoms with van der Waals surface area (Å²) >= 11 is 0. The van der Waals surface area contributed by atoms with E-state index in [1.165, 1.54) is 6.92 Å². The molecule has 0 aliphatic carbocycles. The largest absolute Gasteiger partial charge is 0.351 e. The van der Waals surface area contributed by atoms with Crippen LogP contribution in [-0.2, 0) is 14.4 Å². The fourth-order valence-corrected chi connectivity index (χ4v) is 3.32. The van der Waals surface area contributed by atoms with Crippen LogP contribution in [0, 0.1) is 0 Å². The lowest BCUT2D eigenvalue weighted by atomic mass is 10.0. The number of para-hydroxylation sites is 1. The number of rotatable bonds is 6. The average Bonchev–Trinajstić information content (AvgIpc) is 3.02. The molecule has 6 heteroatoms. The van der Waals surface area contributed by atoms with Crippen LogP contribution >= 0.6 is 0 Å². The van der Waals surface area contributed by atoms with Crippen LogP contribution in [0.5, 0.6) is 0 Å². The lowest BCUT2D eigenvalue weighted by Gasteiger charge is -2.20. The first-order valence-electron chi connectivity index (χ1n) is 9.00. The second-order valence-electron chi connectivity index (χ2n) is 6.68. The van der Waals surface area contributed by atoms with E-state index in [0.717, 1.165) is 11.3 Å².